The number of hydrogen-bond donors (Lipinski definition) is 2. The standard InChI is InChI=1S/C9H19N3O/c1-7(2)5-11-9(10)12-8-3-4-13-6-8/h7-8H,3-6H2,1-2H3,(H3,10,11,12). The lowest BCUT2D eigenvalue weighted by Gasteiger charge is -2.11. The van der Waals surface area contributed by atoms with Crippen molar-refractivity contribution in [2.24, 2.45) is 16.6 Å². The number of hydrogen-bond acceptors (Lipinski definition) is 2. The second-order valence-corrected chi connectivity index (χ2v) is 3.82. The van der Waals surface area contributed by atoms with E-state index < -0.39 is 0 Å². The van der Waals surface area contributed by atoms with Crippen molar-refractivity contribution >= 4 is 5.96 Å². The predicted octanol–water partition coefficient (Wildman–Crippen LogP) is 0.336. The molecule has 0 aromatic carbocycles. The lowest BCUT2D eigenvalue weighted by molar-refractivity contribution is 0.192. The zero-order valence-electron chi connectivity index (χ0n) is 8.42. The van der Waals surface area contributed by atoms with Gasteiger partial charge in [0.25, 0.3) is 0 Å². The summed E-state index contributed by atoms with van der Waals surface area (Å²) in [5.41, 5.74) is 5.69. The van der Waals surface area contributed by atoms with Crippen molar-refractivity contribution in [3.05, 3.63) is 0 Å². The quantitative estimate of drug-likeness (QED) is 0.492. The maximum Gasteiger partial charge on any atom is 0.188 e. The van der Waals surface area contributed by atoms with Crippen LogP contribution in [0.4, 0.5) is 0 Å². The zero-order chi connectivity index (χ0) is 9.68. The molecule has 13 heavy (non-hydrogen) atoms. The van der Waals surface area contributed by atoms with Crippen LogP contribution in [-0.2, 0) is 4.74 Å². The molecule has 0 bridgehead atoms. The summed E-state index contributed by atoms with van der Waals surface area (Å²) >= 11 is 0. The minimum atomic E-state index is 0.357. The maximum absolute atomic E-state index is 5.69. The average molecular weight is 185 g/mol. The SMILES string of the molecule is CC(C)CN=C(N)NC1CCOC1. The molecule has 1 atom stereocenters. The van der Waals surface area contributed by atoms with Gasteiger partial charge in [-0.2, -0.15) is 0 Å². The van der Waals surface area contributed by atoms with Crippen molar-refractivity contribution in [3.63, 3.8) is 0 Å². The molecule has 1 unspecified atom stereocenters. The van der Waals surface area contributed by atoms with Gasteiger partial charge in [-0.15, -0.1) is 0 Å². The van der Waals surface area contributed by atoms with Gasteiger partial charge in [-0.05, 0) is 12.3 Å². The summed E-state index contributed by atoms with van der Waals surface area (Å²) < 4.78 is 5.21. The normalized spacial score (nSPS) is 23.9. The van der Waals surface area contributed by atoms with Crippen molar-refractivity contribution in [1.29, 1.82) is 0 Å². The van der Waals surface area contributed by atoms with Crippen LogP contribution < -0.4 is 11.1 Å². The minimum Gasteiger partial charge on any atom is -0.379 e. The van der Waals surface area contributed by atoms with Crippen molar-refractivity contribution in [2.75, 3.05) is 19.8 Å². The van der Waals surface area contributed by atoms with Gasteiger partial charge in [-0.25, -0.2) is 0 Å². The first-order valence-corrected chi connectivity index (χ1v) is 4.82. The molecule has 76 valence electrons. The monoisotopic (exact) mass is 185 g/mol. The van der Waals surface area contributed by atoms with E-state index in [4.69, 9.17) is 10.5 Å². The molecule has 0 aromatic rings. The molecule has 1 fully saturated rings. The van der Waals surface area contributed by atoms with Gasteiger partial charge in [0.1, 0.15) is 0 Å². The van der Waals surface area contributed by atoms with Crippen molar-refractivity contribution in [3.8, 4) is 0 Å². The highest BCUT2D eigenvalue weighted by molar-refractivity contribution is 5.78. The first-order valence-electron chi connectivity index (χ1n) is 4.82. The molecule has 0 amide bonds. The predicted molar refractivity (Wildman–Crippen MR) is 53.7 cm³/mol. The van der Waals surface area contributed by atoms with Gasteiger partial charge >= 0.3 is 0 Å². The Labute approximate surface area is 79.6 Å². The Bertz CT molecular complexity index is 174. The van der Waals surface area contributed by atoms with Crippen molar-refractivity contribution < 1.29 is 4.74 Å². The van der Waals surface area contributed by atoms with E-state index in [1.807, 2.05) is 0 Å². The van der Waals surface area contributed by atoms with Crippen LogP contribution in [0.3, 0.4) is 0 Å². The number of nitrogens with two attached hydrogens (primary N) is 1. The Morgan fingerprint density at radius 3 is 3.00 bits per heavy atom. The van der Waals surface area contributed by atoms with Crippen LogP contribution in [0.1, 0.15) is 20.3 Å². The fraction of sp³-hybridized carbons (Fsp3) is 0.889. The maximum atomic E-state index is 5.69. The van der Waals surface area contributed by atoms with Crippen LogP contribution in [0.2, 0.25) is 0 Å². The average Bonchev–Trinajstić information content (AvgIpc) is 2.53. The van der Waals surface area contributed by atoms with E-state index in [2.05, 4.69) is 24.2 Å². The van der Waals surface area contributed by atoms with E-state index >= 15 is 0 Å². The summed E-state index contributed by atoms with van der Waals surface area (Å²) in [6.07, 6.45) is 1.03. The molecule has 1 aliphatic heterocycles. The smallest absolute Gasteiger partial charge is 0.188 e. The van der Waals surface area contributed by atoms with Crippen LogP contribution in [0.15, 0.2) is 4.99 Å². The van der Waals surface area contributed by atoms with Crippen molar-refractivity contribution in [2.45, 2.75) is 26.3 Å². The Kier molecular flexibility index (Phi) is 4.02. The number of rotatable bonds is 3. The first kappa shape index (κ1) is 10.3. The molecule has 0 saturated carbocycles. The fourth-order valence-electron chi connectivity index (χ4n) is 1.18. The van der Waals surface area contributed by atoms with Gasteiger partial charge in [-0.3, -0.25) is 4.99 Å². The lowest BCUT2D eigenvalue weighted by Crippen LogP contribution is -2.40. The molecule has 1 heterocycles. The van der Waals surface area contributed by atoms with Crippen molar-refractivity contribution in [1.82, 2.24) is 5.32 Å². The van der Waals surface area contributed by atoms with Crippen LogP contribution in [0.5, 0.6) is 0 Å². The molecule has 1 rings (SSSR count). The summed E-state index contributed by atoms with van der Waals surface area (Å²) in [4.78, 5) is 4.21. The number of nitrogens with zero attached hydrogens (tertiary/aromatic N) is 1. The second-order valence-electron chi connectivity index (χ2n) is 3.82. The summed E-state index contributed by atoms with van der Waals surface area (Å²) in [6.45, 7) is 6.60. The van der Waals surface area contributed by atoms with E-state index in [1.54, 1.807) is 0 Å². The summed E-state index contributed by atoms with van der Waals surface area (Å²) in [5, 5.41) is 3.14. The van der Waals surface area contributed by atoms with Gasteiger partial charge in [0, 0.05) is 13.2 Å². The van der Waals surface area contributed by atoms with E-state index in [0.29, 0.717) is 17.9 Å². The van der Waals surface area contributed by atoms with E-state index in [0.717, 1.165) is 26.2 Å². The Morgan fingerprint density at radius 2 is 2.46 bits per heavy atom. The molecular formula is C9H19N3O. The summed E-state index contributed by atoms with van der Waals surface area (Å²) in [7, 11) is 0. The zero-order valence-corrected chi connectivity index (χ0v) is 8.42. The molecule has 1 aliphatic rings. The van der Waals surface area contributed by atoms with E-state index in [-0.39, 0.29) is 0 Å². The van der Waals surface area contributed by atoms with Crippen LogP contribution in [0, 0.1) is 5.92 Å². The number of nitrogens with one attached hydrogen (secondary N) is 1. The topological polar surface area (TPSA) is 59.6 Å². The third-order valence-electron chi connectivity index (χ3n) is 1.91. The molecule has 1 saturated heterocycles. The highest BCUT2D eigenvalue weighted by atomic mass is 16.5. The molecule has 0 radical (unpaired) electrons. The van der Waals surface area contributed by atoms with E-state index in [9.17, 15) is 0 Å². The van der Waals surface area contributed by atoms with Crippen LogP contribution in [0.25, 0.3) is 0 Å². The Hall–Kier alpha value is -0.770. The van der Waals surface area contributed by atoms with Crippen LogP contribution in [-0.4, -0.2) is 31.8 Å². The molecule has 4 heteroatoms. The number of ether oxygens (including phenoxy) is 1. The van der Waals surface area contributed by atoms with Gasteiger partial charge < -0.3 is 15.8 Å². The highest BCUT2D eigenvalue weighted by Crippen LogP contribution is 2.02. The molecule has 0 aromatic heterocycles. The number of guanidine groups is 1. The summed E-state index contributed by atoms with van der Waals surface area (Å²) in [5.74, 6) is 1.10. The Morgan fingerprint density at radius 1 is 1.69 bits per heavy atom. The molecule has 4 nitrogen and oxygen atoms in total. The highest BCUT2D eigenvalue weighted by Gasteiger charge is 2.15. The minimum absolute atomic E-state index is 0.357. The van der Waals surface area contributed by atoms with Crippen LogP contribution >= 0.6 is 0 Å². The third kappa shape index (κ3) is 4.12. The van der Waals surface area contributed by atoms with Gasteiger partial charge in [-0.1, -0.05) is 13.8 Å². The number of aliphatic imine (C=N–C) groups is 1. The second kappa shape index (κ2) is 5.07. The largest absolute Gasteiger partial charge is 0.379 e. The molecule has 0 spiro atoms. The molecular weight excluding hydrogens is 166 g/mol. The molecule has 3 N–H and O–H groups in total. The van der Waals surface area contributed by atoms with Gasteiger partial charge in [0.2, 0.25) is 0 Å². The summed E-state index contributed by atoms with van der Waals surface area (Å²) in [6, 6.07) is 0.357. The third-order valence-corrected chi connectivity index (χ3v) is 1.91. The Balaban J connectivity index is 2.22. The van der Waals surface area contributed by atoms with Gasteiger partial charge in [0.05, 0.1) is 12.6 Å². The molecule has 0 aliphatic carbocycles. The first-order chi connectivity index (χ1) is 6.18. The van der Waals surface area contributed by atoms with E-state index in [1.165, 1.54) is 0 Å². The van der Waals surface area contributed by atoms with Gasteiger partial charge in [0.15, 0.2) is 5.96 Å². The lowest BCUT2D eigenvalue weighted by atomic mass is 10.2. The fourth-order valence-corrected chi connectivity index (χ4v) is 1.18.